The quantitative estimate of drug-likeness (QED) is 0.646. The Morgan fingerprint density at radius 3 is 2.07 bits per heavy atom. The molecule has 3 rings (SSSR count). The zero-order valence-electron chi connectivity index (χ0n) is 14.8. The lowest BCUT2D eigenvalue weighted by atomic mass is 9.99. The summed E-state index contributed by atoms with van der Waals surface area (Å²) in [6, 6.07) is 16.3. The minimum Gasteiger partial charge on any atom is -0.366 e. The third-order valence-electron chi connectivity index (χ3n) is 4.11. The Kier molecular flexibility index (Phi) is 5.34. The van der Waals surface area contributed by atoms with Crippen molar-refractivity contribution in [3.8, 4) is 11.1 Å². The van der Waals surface area contributed by atoms with Crippen molar-refractivity contribution in [2.24, 2.45) is 5.73 Å². The molecule has 1 amide bonds. The van der Waals surface area contributed by atoms with Crippen LogP contribution in [-0.4, -0.2) is 14.3 Å². The first kappa shape index (κ1) is 20.4. The predicted octanol–water partition coefficient (Wildman–Crippen LogP) is 4.27. The smallest absolute Gasteiger partial charge is 0.366 e. The molecule has 0 aliphatic heterocycles. The van der Waals surface area contributed by atoms with Crippen LogP contribution in [0.3, 0.4) is 0 Å². The van der Waals surface area contributed by atoms with E-state index in [1.165, 1.54) is 12.1 Å². The van der Waals surface area contributed by atoms with Crippen molar-refractivity contribution < 1.29 is 26.4 Å². The third kappa shape index (κ3) is 4.57. The number of rotatable bonds is 5. The fourth-order valence-electron chi connectivity index (χ4n) is 2.72. The van der Waals surface area contributed by atoms with Gasteiger partial charge in [-0.2, -0.15) is 13.2 Å². The van der Waals surface area contributed by atoms with E-state index >= 15 is 0 Å². The van der Waals surface area contributed by atoms with Crippen LogP contribution in [0, 0.1) is 0 Å². The number of alkyl halides is 3. The number of halogens is 3. The fourth-order valence-corrected chi connectivity index (χ4v) is 3.77. The van der Waals surface area contributed by atoms with Crippen LogP contribution in [0.4, 0.5) is 18.9 Å². The Balaban J connectivity index is 1.93. The van der Waals surface area contributed by atoms with Crippen LogP contribution >= 0.6 is 0 Å². The summed E-state index contributed by atoms with van der Waals surface area (Å²) in [5.74, 6) is -0.751. The maximum atomic E-state index is 12.7. The van der Waals surface area contributed by atoms with E-state index in [0.717, 1.165) is 17.7 Å². The highest BCUT2D eigenvalue weighted by molar-refractivity contribution is 7.92. The molecule has 0 aliphatic rings. The molecule has 0 fully saturated rings. The molecule has 9 heteroatoms. The minimum atomic E-state index is -4.57. The van der Waals surface area contributed by atoms with Crippen LogP contribution in [0.5, 0.6) is 0 Å². The number of carbonyl (C=O) groups is 1. The second kappa shape index (κ2) is 7.59. The Labute approximate surface area is 165 Å². The lowest BCUT2D eigenvalue weighted by Crippen LogP contribution is -2.16. The molecule has 0 saturated heterocycles. The molecule has 3 aromatic carbocycles. The first-order valence-electron chi connectivity index (χ1n) is 8.27. The normalized spacial score (nSPS) is 11.8. The summed E-state index contributed by atoms with van der Waals surface area (Å²) in [5.41, 5.74) is 5.87. The van der Waals surface area contributed by atoms with Gasteiger partial charge in [-0.05, 0) is 47.5 Å². The number of nitrogens with one attached hydrogen (secondary N) is 1. The number of sulfonamides is 1. The molecule has 3 N–H and O–H groups in total. The van der Waals surface area contributed by atoms with Gasteiger partial charge in [-0.1, -0.05) is 36.4 Å². The summed E-state index contributed by atoms with van der Waals surface area (Å²) in [6.45, 7) is 0. The summed E-state index contributed by atoms with van der Waals surface area (Å²) in [5, 5.41) is 0. The Hall–Kier alpha value is -3.33. The van der Waals surface area contributed by atoms with Gasteiger partial charge in [0.2, 0.25) is 5.91 Å². The van der Waals surface area contributed by atoms with Crippen LogP contribution in [0.1, 0.15) is 15.9 Å². The standard InChI is InChI=1S/C20H15F3N2O3S/c21-20(22,23)14-6-9-16(10-7-14)29(27,28)25-15-8-11-17(18(12-15)19(24)26)13-4-2-1-3-5-13/h1-12,25H,(H2,24,26). The average Bonchev–Trinajstić information content (AvgIpc) is 2.68. The van der Waals surface area contributed by atoms with Crippen molar-refractivity contribution in [3.63, 3.8) is 0 Å². The van der Waals surface area contributed by atoms with E-state index in [1.54, 1.807) is 36.4 Å². The highest BCUT2D eigenvalue weighted by Crippen LogP contribution is 2.31. The second-order valence-electron chi connectivity index (χ2n) is 6.12. The third-order valence-corrected chi connectivity index (χ3v) is 5.51. The molecule has 0 spiro atoms. The topological polar surface area (TPSA) is 89.3 Å². The van der Waals surface area contributed by atoms with Crippen LogP contribution in [0.2, 0.25) is 0 Å². The number of benzene rings is 3. The molecule has 3 aromatic rings. The van der Waals surface area contributed by atoms with Crippen LogP contribution in [0.25, 0.3) is 11.1 Å². The van der Waals surface area contributed by atoms with Gasteiger partial charge in [-0.15, -0.1) is 0 Å². The van der Waals surface area contributed by atoms with Gasteiger partial charge in [-0.25, -0.2) is 8.42 Å². The molecule has 0 bridgehead atoms. The van der Waals surface area contributed by atoms with E-state index in [2.05, 4.69) is 4.72 Å². The number of anilines is 1. The molecule has 5 nitrogen and oxygen atoms in total. The number of primary amides is 1. The summed E-state index contributed by atoms with van der Waals surface area (Å²) in [7, 11) is -4.16. The molecule has 0 atom stereocenters. The lowest BCUT2D eigenvalue weighted by Gasteiger charge is -2.13. The highest BCUT2D eigenvalue weighted by atomic mass is 32.2. The molecular formula is C20H15F3N2O3S. The molecule has 0 radical (unpaired) electrons. The zero-order chi connectivity index (χ0) is 21.2. The van der Waals surface area contributed by atoms with E-state index in [0.29, 0.717) is 17.7 Å². The van der Waals surface area contributed by atoms with E-state index < -0.39 is 27.7 Å². The van der Waals surface area contributed by atoms with Crippen molar-refractivity contribution in [1.82, 2.24) is 0 Å². The summed E-state index contributed by atoms with van der Waals surface area (Å²) in [4.78, 5) is 11.5. The van der Waals surface area contributed by atoms with Gasteiger partial charge in [0.05, 0.1) is 10.5 Å². The molecule has 0 heterocycles. The summed E-state index contributed by atoms with van der Waals surface area (Å²) < 4.78 is 65.2. The van der Waals surface area contributed by atoms with E-state index in [4.69, 9.17) is 5.73 Å². The van der Waals surface area contributed by atoms with Crippen molar-refractivity contribution in [2.75, 3.05) is 4.72 Å². The van der Waals surface area contributed by atoms with Crippen LogP contribution in [0.15, 0.2) is 77.7 Å². The molecule has 0 unspecified atom stereocenters. The van der Waals surface area contributed by atoms with Gasteiger partial charge in [-0.3, -0.25) is 9.52 Å². The first-order chi connectivity index (χ1) is 13.6. The van der Waals surface area contributed by atoms with Crippen LogP contribution in [-0.2, 0) is 16.2 Å². The molecular weight excluding hydrogens is 405 g/mol. The maximum absolute atomic E-state index is 12.7. The van der Waals surface area contributed by atoms with E-state index in [-0.39, 0.29) is 16.1 Å². The maximum Gasteiger partial charge on any atom is 0.416 e. The molecule has 29 heavy (non-hydrogen) atoms. The Morgan fingerprint density at radius 1 is 0.897 bits per heavy atom. The van der Waals surface area contributed by atoms with Crippen molar-refractivity contribution in [1.29, 1.82) is 0 Å². The number of hydrogen-bond acceptors (Lipinski definition) is 3. The highest BCUT2D eigenvalue weighted by Gasteiger charge is 2.30. The van der Waals surface area contributed by atoms with Gasteiger partial charge in [0.25, 0.3) is 10.0 Å². The zero-order valence-corrected chi connectivity index (χ0v) is 15.6. The average molecular weight is 420 g/mol. The van der Waals surface area contributed by atoms with Gasteiger partial charge < -0.3 is 5.73 Å². The van der Waals surface area contributed by atoms with Gasteiger partial charge in [0, 0.05) is 11.3 Å². The summed E-state index contributed by atoms with van der Waals surface area (Å²) >= 11 is 0. The number of carbonyl (C=O) groups excluding carboxylic acids is 1. The molecule has 0 aliphatic carbocycles. The predicted molar refractivity (Wildman–Crippen MR) is 103 cm³/mol. The molecule has 150 valence electrons. The monoisotopic (exact) mass is 420 g/mol. The number of nitrogens with two attached hydrogens (primary N) is 1. The van der Waals surface area contributed by atoms with Gasteiger partial charge >= 0.3 is 6.18 Å². The summed E-state index contributed by atoms with van der Waals surface area (Å²) in [6.07, 6.45) is -4.57. The van der Waals surface area contributed by atoms with Gasteiger partial charge in [0.15, 0.2) is 0 Å². The van der Waals surface area contributed by atoms with Crippen molar-refractivity contribution in [2.45, 2.75) is 11.1 Å². The number of hydrogen-bond donors (Lipinski definition) is 2. The largest absolute Gasteiger partial charge is 0.416 e. The molecule has 0 saturated carbocycles. The van der Waals surface area contributed by atoms with Gasteiger partial charge in [0.1, 0.15) is 0 Å². The fraction of sp³-hybridized carbons (Fsp3) is 0.0500. The lowest BCUT2D eigenvalue weighted by molar-refractivity contribution is -0.137. The van der Waals surface area contributed by atoms with Crippen molar-refractivity contribution >= 4 is 21.6 Å². The molecule has 0 aromatic heterocycles. The first-order valence-corrected chi connectivity index (χ1v) is 9.75. The number of amides is 1. The van der Waals surface area contributed by atoms with Crippen molar-refractivity contribution in [3.05, 3.63) is 83.9 Å². The Morgan fingerprint density at radius 2 is 1.52 bits per heavy atom. The minimum absolute atomic E-state index is 0.0541. The second-order valence-corrected chi connectivity index (χ2v) is 7.80. The SMILES string of the molecule is NC(=O)c1cc(NS(=O)(=O)c2ccc(C(F)(F)F)cc2)ccc1-c1ccccc1. The van der Waals surface area contributed by atoms with E-state index in [9.17, 15) is 26.4 Å². The van der Waals surface area contributed by atoms with Crippen LogP contribution < -0.4 is 10.5 Å². The Bertz CT molecular complexity index is 1140. The van der Waals surface area contributed by atoms with E-state index in [1.807, 2.05) is 0 Å².